The van der Waals surface area contributed by atoms with Crippen LogP contribution in [-0.2, 0) is 52.4 Å². The minimum absolute atomic E-state index is 0.344. The van der Waals surface area contributed by atoms with Gasteiger partial charge in [-0.25, -0.2) is 9.59 Å². The number of alkyl halides is 3. The average molecular weight is 1060 g/mol. The summed E-state index contributed by atoms with van der Waals surface area (Å²) in [4.78, 5) is 25.9. The Labute approximate surface area is 424 Å². The molecule has 4 rings (SSSR count). The van der Waals surface area contributed by atoms with E-state index in [9.17, 15) is 53.4 Å². The third-order valence-corrected chi connectivity index (χ3v) is 11.2. The van der Waals surface area contributed by atoms with Crippen LogP contribution in [0.5, 0.6) is 0 Å². The molecule has 3 aliphatic rings. The number of hydrogen-bond acceptors (Lipinski definition) is 19. The number of aliphatic hydroxyl groups is 6. The third-order valence-electron chi connectivity index (χ3n) is 9.73. The fourth-order valence-electron chi connectivity index (χ4n) is 6.17. The van der Waals surface area contributed by atoms with Gasteiger partial charge in [-0.2, -0.15) is 43.0 Å². The van der Waals surface area contributed by atoms with Crippen LogP contribution in [0.3, 0.4) is 0 Å². The maximum absolute atomic E-state index is 12.2. The molecule has 0 spiro atoms. The van der Waals surface area contributed by atoms with E-state index in [0.29, 0.717) is 30.8 Å². The van der Waals surface area contributed by atoms with Gasteiger partial charge in [0.05, 0.1) is 32.0 Å². The van der Waals surface area contributed by atoms with E-state index in [0.717, 1.165) is 38.5 Å². The number of hydrogen-bond donors (Lipinski definition) is 7. The molecule has 2 fully saturated rings. The number of aliphatic hydroxyl groups excluding tert-OH is 6. The summed E-state index contributed by atoms with van der Waals surface area (Å²) < 4.78 is 117. The minimum atomic E-state index is -5.84. The van der Waals surface area contributed by atoms with E-state index in [1.807, 2.05) is 0 Å². The van der Waals surface area contributed by atoms with Gasteiger partial charge < -0.3 is 54.5 Å². The topological polar surface area (TPSA) is 322 Å². The van der Waals surface area contributed by atoms with Crippen LogP contribution in [0.1, 0.15) is 114 Å². The van der Waals surface area contributed by atoms with Crippen LogP contribution in [0.2, 0.25) is 0 Å². The molecule has 29 heteroatoms. The summed E-state index contributed by atoms with van der Waals surface area (Å²) in [5.74, 6) is -0.806. The first-order valence-corrected chi connectivity index (χ1v) is 34.1. The summed E-state index contributed by atoms with van der Waals surface area (Å²) in [5, 5.41) is 58.2. The normalized spacial score (nSPS) is 22.9. The van der Waals surface area contributed by atoms with Crippen molar-refractivity contribution in [3.63, 3.8) is 0 Å². The van der Waals surface area contributed by atoms with Crippen molar-refractivity contribution in [1.29, 1.82) is 0 Å². The number of carbonyl (C=O) groups excluding carboxylic acids is 2. The van der Waals surface area contributed by atoms with Gasteiger partial charge in [0.1, 0.15) is 36.1 Å². The summed E-state index contributed by atoms with van der Waals surface area (Å²) >= 11 is 2.89. The van der Waals surface area contributed by atoms with Crippen molar-refractivity contribution in [2.45, 2.75) is 152 Å². The molecular formula is C39H62F3N2Na2O19S3+. The zero-order valence-electron chi connectivity index (χ0n) is 38.5. The molecule has 21 nitrogen and oxygen atoms in total. The van der Waals surface area contributed by atoms with Crippen molar-refractivity contribution in [3.8, 4) is 0 Å². The van der Waals surface area contributed by atoms with Gasteiger partial charge in [-0.15, -0.1) is 0 Å². The molecule has 1 aromatic heterocycles. The number of carbonyl (C=O) groups is 2. The van der Waals surface area contributed by atoms with Gasteiger partial charge >= 0.3 is 89.7 Å². The second-order valence-corrected chi connectivity index (χ2v) is 18.7. The van der Waals surface area contributed by atoms with Crippen LogP contribution in [0.15, 0.2) is 48.6 Å². The van der Waals surface area contributed by atoms with Crippen LogP contribution >= 0.6 is 0 Å². The number of aromatic nitrogens is 1. The number of nitrogens with zero attached hydrogens (tertiary/aromatic N) is 2. The van der Waals surface area contributed by atoms with Crippen LogP contribution in [0.25, 0.3) is 0 Å². The number of pyridine rings is 1. The Bertz CT molecular complexity index is 2030. The van der Waals surface area contributed by atoms with E-state index >= 15 is 0 Å². The molecule has 0 aromatic carbocycles. The van der Waals surface area contributed by atoms with Gasteiger partial charge in [0.25, 0.3) is 6.23 Å². The molecule has 8 atom stereocenters. The van der Waals surface area contributed by atoms with Gasteiger partial charge in [0.15, 0.2) is 24.7 Å². The molecule has 3 aliphatic heterocycles. The quantitative estimate of drug-likeness (QED) is 0.0237. The van der Waals surface area contributed by atoms with Crippen LogP contribution < -0.4 is 4.57 Å². The number of ether oxygens (including phenoxy) is 4. The number of unbranched alkanes of at least 4 members (excludes halogenated alkanes) is 10. The fourth-order valence-corrected chi connectivity index (χ4v) is 6.17. The van der Waals surface area contributed by atoms with Crippen molar-refractivity contribution in [1.82, 2.24) is 4.90 Å². The molecule has 68 heavy (non-hydrogen) atoms. The Morgan fingerprint density at radius 1 is 0.779 bits per heavy atom. The Morgan fingerprint density at radius 2 is 1.24 bits per heavy atom. The Hall–Kier alpha value is -1.61. The number of rotatable bonds is 20. The van der Waals surface area contributed by atoms with E-state index in [-0.39, 0.29) is 12.6 Å². The van der Waals surface area contributed by atoms with Gasteiger partial charge in [0.2, 0.25) is 0 Å². The van der Waals surface area contributed by atoms with Crippen molar-refractivity contribution in [3.05, 3.63) is 54.1 Å². The first-order valence-electron chi connectivity index (χ1n) is 22.0. The summed E-state index contributed by atoms with van der Waals surface area (Å²) in [6, 6.07) is 3.28. The predicted octanol–water partition coefficient (Wildman–Crippen LogP) is 0.827. The van der Waals surface area contributed by atoms with Crippen molar-refractivity contribution in [2.75, 3.05) is 26.4 Å². The maximum atomic E-state index is 12.2. The predicted molar refractivity (Wildman–Crippen MR) is 236 cm³/mol. The van der Waals surface area contributed by atoms with E-state index in [2.05, 4.69) is 13.8 Å². The van der Waals surface area contributed by atoms with E-state index in [1.54, 1.807) is 36.8 Å². The molecule has 2 saturated heterocycles. The summed E-state index contributed by atoms with van der Waals surface area (Å²) in [7, 11) is -11.7. The van der Waals surface area contributed by atoms with E-state index < -0.39 is 95.8 Å². The summed E-state index contributed by atoms with van der Waals surface area (Å²) in [5.41, 5.74) is -4.72. The Kier molecular flexibility index (Phi) is 35.5. The molecule has 7 N–H and O–H groups in total. The average Bonchev–Trinajstić information content (AvgIpc) is 3.77. The molecule has 4 heterocycles. The molecule has 0 amide bonds. The number of allylic oxidation sites excluding steroid dienone is 1. The molecule has 0 aliphatic carbocycles. The Morgan fingerprint density at radius 3 is 1.68 bits per heavy atom. The van der Waals surface area contributed by atoms with Crippen LogP contribution in [0.4, 0.5) is 13.2 Å². The number of esters is 2. The molecule has 382 valence electrons. The molecule has 1 aromatic rings. The van der Waals surface area contributed by atoms with Crippen molar-refractivity contribution < 1.29 is 107 Å². The monoisotopic (exact) mass is 1060 g/mol. The molecule has 0 radical (unpaired) electrons. The standard InChI is InChI=1S/C19H31NO6.C19H30NO6.CHF3O3S.2Na.O4S2/c2*1-2-3-4-5-6-7-11-25-19(24)14-9-8-10-20(12-14)18-17(23)16(22)15(13-21)26-18;2-1(3,4)8(5,6)7;;;1-5(2)6(3)4/h8,10,12,15-18,21-23H,2-7,9,11,13H2,1H3;8-10,12,15-18,21-23H,2-7,11,13H2,1H3;(H,5,6,7);;;/q;+1;;;;/t2*15-,16+,17?,18-;;;;/m11..../s1. The molecular weight excluding hydrogens is 1000 g/mol. The molecule has 0 saturated carbocycles. The summed E-state index contributed by atoms with van der Waals surface area (Å²) in [6.07, 6.45) is 14.0. The van der Waals surface area contributed by atoms with Gasteiger partial charge in [0, 0.05) is 24.9 Å². The second kappa shape index (κ2) is 36.3. The fraction of sp³-hybridized carbons (Fsp3) is 0.718. The first-order chi connectivity index (χ1) is 32.1. The first kappa shape index (κ1) is 66.4. The number of halogens is 3. The molecule has 0 bridgehead atoms. The SMILES string of the molecule is CCCCCCCCOC(=O)C1=CN([C@@H]2O[C@H](CO)[C@H](O)C2O)C=CC1.CCCCCCCCOC(=O)c1ccc[n+]([C@@H]2O[C@H](CO)[C@H](O)C2O)c1.O=S(=O)(O)C(F)(F)F.O=S(=O)=S(=O)=O.[Na][Na]. The van der Waals surface area contributed by atoms with Crippen LogP contribution in [0, 0.1) is 0 Å². The Balaban J connectivity index is 0.00000100. The van der Waals surface area contributed by atoms with Crippen molar-refractivity contribution >= 4 is 84.2 Å². The zero-order chi connectivity index (χ0) is 52.0. The zero-order valence-corrected chi connectivity index (χ0v) is 44.9. The van der Waals surface area contributed by atoms with Crippen molar-refractivity contribution in [2.24, 2.45) is 0 Å². The second-order valence-electron chi connectivity index (χ2n) is 14.8. The van der Waals surface area contributed by atoms with E-state index in [1.165, 1.54) is 97.8 Å². The van der Waals surface area contributed by atoms with Gasteiger partial charge in [-0.05, 0) is 18.9 Å². The third kappa shape index (κ3) is 25.2. The van der Waals surface area contributed by atoms with Gasteiger partial charge in [-0.3, -0.25) is 4.55 Å². The molecule has 2 unspecified atom stereocenters. The van der Waals surface area contributed by atoms with Gasteiger partial charge in [-0.1, -0.05) is 84.1 Å². The van der Waals surface area contributed by atoms with E-state index in [4.69, 9.17) is 48.8 Å². The summed E-state index contributed by atoms with van der Waals surface area (Å²) in [6.45, 7) is 4.36. The van der Waals surface area contributed by atoms with Crippen LogP contribution in [-0.4, -0.2) is 196 Å².